The molecule has 2 heterocycles. The molecular weight excluding hydrogens is 214 g/mol. The van der Waals surface area contributed by atoms with Crippen molar-refractivity contribution < 1.29 is 4.74 Å². The molecule has 1 aromatic rings. The molecule has 1 aliphatic rings. The number of aromatic nitrogens is 2. The summed E-state index contributed by atoms with van der Waals surface area (Å²) in [6, 6.07) is 1.95. The van der Waals surface area contributed by atoms with E-state index < -0.39 is 0 Å². The maximum absolute atomic E-state index is 5.98. The topological polar surface area (TPSA) is 47.0 Å². The summed E-state index contributed by atoms with van der Waals surface area (Å²) >= 11 is 0. The second-order valence-corrected chi connectivity index (χ2v) is 4.72. The van der Waals surface area contributed by atoms with Crippen molar-refractivity contribution in [2.24, 2.45) is 5.92 Å². The summed E-state index contributed by atoms with van der Waals surface area (Å²) in [6.07, 6.45) is 2.30. The number of ether oxygens (including phenoxy) is 1. The van der Waals surface area contributed by atoms with E-state index in [0.717, 1.165) is 43.3 Å². The van der Waals surface area contributed by atoms with E-state index in [4.69, 9.17) is 4.74 Å². The van der Waals surface area contributed by atoms with Crippen molar-refractivity contribution in [1.29, 1.82) is 0 Å². The van der Waals surface area contributed by atoms with Crippen molar-refractivity contribution in [3.05, 3.63) is 17.6 Å². The Labute approximate surface area is 103 Å². The number of hydrogen-bond acceptors (Lipinski definition) is 4. The third-order valence-corrected chi connectivity index (χ3v) is 3.26. The molecule has 2 rings (SSSR count). The van der Waals surface area contributed by atoms with Gasteiger partial charge in [-0.05, 0) is 32.2 Å². The zero-order valence-electron chi connectivity index (χ0n) is 10.9. The van der Waals surface area contributed by atoms with Crippen molar-refractivity contribution in [2.75, 3.05) is 13.1 Å². The van der Waals surface area contributed by atoms with Crippen molar-refractivity contribution in [2.45, 2.75) is 39.7 Å². The summed E-state index contributed by atoms with van der Waals surface area (Å²) in [7, 11) is 0. The predicted octanol–water partition coefficient (Wildman–Crippen LogP) is 1.72. The summed E-state index contributed by atoms with van der Waals surface area (Å²) in [5, 5.41) is 3.36. The van der Waals surface area contributed by atoms with Gasteiger partial charge in [-0.2, -0.15) is 4.98 Å². The second kappa shape index (κ2) is 5.45. The van der Waals surface area contributed by atoms with Crippen LogP contribution in [0.1, 0.15) is 31.8 Å². The van der Waals surface area contributed by atoms with Crippen molar-refractivity contribution in [3.63, 3.8) is 0 Å². The van der Waals surface area contributed by atoms with Crippen LogP contribution >= 0.6 is 0 Å². The molecule has 0 bridgehead atoms. The van der Waals surface area contributed by atoms with Crippen LogP contribution in [0.4, 0.5) is 0 Å². The van der Waals surface area contributed by atoms with Crippen LogP contribution in [-0.4, -0.2) is 29.2 Å². The highest BCUT2D eigenvalue weighted by Gasteiger charge is 2.23. The molecule has 1 N–H and O–H groups in total. The number of aryl methyl sites for hydroxylation is 2. The maximum Gasteiger partial charge on any atom is 0.217 e. The minimum Gasteiger partial charge on any atom is -0.473 e. The average Bonchev–Trinajstić information content (AvgIpc) is 2.31. The highest BCUT2D eigenvalue weighted by atomic mass is 16.5. The lowest BCUT2D eigenvalue weighted by molar-refractivity contribution is 0.109. The van der Waals surface area contributed by atoms with Gasteiger partial charge in [-0.15, -0.1) is 0 Å². The molecule has 4 heteroatoms. The minimum atomic E-state index is 0.225. The van der Waals surface area contributed by atoms with Gasteiger partial charge in [0.1, 0.15) is 11.9 Å². The Balaban J connectivity index is 2.09. The van der Waals surface area contributed by atoms with Gasteiger partial charge in [0.2, 0.25) is 5.88 Å². The number of nitrogens with zero attached hydrogens (tertiary/aromatic N) is 2. The van der Waals surface area contributed by atoms with Crippen LogP contribution in [0.2, 0.25) is 0 Å². The molecule has 1 aliphatic heterocycles. The monoisotopic (exact) mass is 235 g/mol. The largest absolute Gasteiger partial charge is 0.473 e. The molecular formula is C13H21N3O. The maximum atomic E-state index is 5.98. The van der Waals surface area contributed by atoms with Crippen molar-refractivity contribution in [3.8, 4) is 5.88 Å². The van der Waals surface area contributed by atoms with Crippen molar-refractivity contribution in [1.82, 2.24) is 15.3 Å². The van der Waals surface area contributed by atoms with Crippen LogP contribution < -0.4 is 10.1 Å². The van der Waals surface area contributed by atoms with E-state index in [2.05, 4.69) is 29.1 Å². The number of rotatable bonds is 3. The van der Waals surface area contributed by atoms with Crippen LogP contribution in [0.5, 0.6) is 5.88 Å². The fourth-order valence-electron chi connectivity index (χ4n) is 2.11. The molecule has 0 saturated carbocycles. The Hall–Kier alpha value is -1.16. The normalized spacial score (nSPS) is 24.6. The lowest BCUT2D eigenvalue weighted by Crippen LogP contribution is -2.43. The highest BCUT2D eigenvalue weighted by molar-refractivity contribution is 5.16. The highest BCUT2D eigenvalue weighted by Crippen LogP contribution is 2.19. The fraction of sp³-hybridized carbons (Fsp3) is 0.692. The van der Waals surface area contributed by atoms with E-state index in [0.29, 0.717) is 5.92 Å². The van der Waals surface area contributed by atoms with Gasteiger partial charge in [0.15, 0.2) is 0 Å². The van der Waals surface area contributed by atoms with Gasteiger partial charge < -0.3 is 10.1 Å². The fourth-order valence-corrected chi connectivity index (χ4v) is 2.11. The summed E-state index contributed by atoms with van der Waals surface area (Å²) in [6.45, 7) is 8.24. The molecule has 0 radical (unpaired) electrons. The molecule has 94 valence electrons. The molecule has 0 aromatic carbocycles. The summed E-state index contributed by atoms with van der Waals surface area (Å²) in [5.41, 5.74) is 1.05. The molecule has 2 unspecified atom stereocenters. The predicted molar refractivity (Wildman–Crippen MR) is 67.2 cm³/mol. The molecule has 4 nitrogen and oxygen atoms in total. The van der Waals surface area contributed by atoms with Crippen LogP contribution in [0.15, 0.2) is 6.07 Å². The Morgan fingerprint density at radius 2 is 2.29 bits per heavy atom. The van der Waals surface area contributed by atoms with E-state index in [-0.39, 0.29) is 6.10 Å². The Bertz CT molecular complexity index is 381. The lowest BCUT2D eigenvalue weighted by Gasteiger charge is -2.29. The van der Waals surface area contributed by atoms with Gasteiger partial charge in [0.25, 0.3) is 0 Å². The number of nitrogens with one attached hydrogen (secondary N) is 1. The van der Waals surface area contributed by atoms with E-state index in [1.54, 1.807) is 0 Å². The third kappa shape index (κ3) is 3.16. The Morgan fingerprint density at radius 3 is 3.00 bits per heavy atom. The van der Waals surface area contributed by atoms with E-state index in [1.807, 2.05) is 13.0 Å². The van der Waals surface area contributed by atoms with Gasteiger partial charge >= 0.3 is 0 Å². The zero-order valence-corrected chi connectivity index (χ0v) is 10.9. The van der Waals surface area contributed by atoms with Crippen molar-refractivity contribution >= 4 is 0 Å². The summed E-state index contributed by atoms with van der Waals surface area (Å²) in [5.74, 6) is 2.09. The molecule has 1 fully saturated rings. The first-order valence-electron chi connectivity index (χ1n) is 6.41. The van der Waals surface area contributed by atoms with Gasteiger partial charge in [0.05, 0.1) is 0 Å². The first kappa shape index (κ1) is 12.3. The average molecular weight is 235 g/mol. The van der Waals surface area contributed by atoms with Crippen LogP contribution in [-0.2, 0) is 6.42 Å². The summed E-state index contributed by atoms with van der Waals surface area (Å²) < 4.78 is 5.98. The minimum absolute atomic E-state index is 0.225. The molecule has 1 saturated heterocycles. The standard InChI is InChI=1S/C13H21N3O/c1-4-11-7-13(16-10(3)15-11)17-12-8-14-6-5-9(12)2/h7,9,12,14H,4-6,8H2,1-3H3. The van der Waals surface area contributed by atoms with E-state index >= 15 is 0 Å². The van der Waals surface area contributed by atoms with E-state index in [9.17, 15) is 0 Å². The van der Waals surface area contributed by atoms with Gasteiger partial charge in [-0.3, -0.25) is 0 Å². The quantitative estimate of drug-likeness (QED) is 0.866. The molecule has 0 spiro atoms. The molecule has 17 heavy (non-hydrogen) atoms. The molecule has 0 amide bonds. The third-order valence-electron chi connectivity index (χ3n) is 3.26. The smallest absolute Gasteiger partial charge is 0.217 e. The van der Waals surface area contributed by atoms with Crippen LogP contribution in [0, 0.1) is 12.8 Å². The summed E-state index contributed by atoms with van der Waals surface area (Å²) in [4.78, 5) is 8.71. The molecule has 1 aromatic heterocycles. The number of piperidine rings is 1. The van der Waals surface area contributed by atoms with Gasteiger partial charge in [-0.25, -0.2) is 4.98 Å². The Morgan fingerprint density at radius 1 is 1.47 bits per heavy atom. The second-order valence-electron chi connectivity index (χ2n) is 4.72. The van der Waals surface area contributed by atoms with Crippen LogP contribution in [0.3, 0.4) is 0 Å². The van der Waals surface area contributed by atoms with Crippen LogP contribution in [0.25, 0.3) is 0 Å². The first-order valence-corrected chi connectivity index (χ1v) is 6.41. The molecule has 2 atom stereocenters. The van der Waals surface area contributed by atoms with Gasteiger partial charge in [-0.1, -0.05) is 13.8 Å². The van der Waals surface area contributed by atoms with Gasteiger partial charge in [0, 0.05) is 18.3 Å². The van der Waals surface area contributed by atoms with E-state index in [1.165, 1.54) is 0 Å². The number of hydrogen-bond donors (Lipinski definition) is 1. The Kier molecular flexibility index (Phi) is 3.94. The zero-order chi connectivity index (χ0) is 12.3. The SMILES string of the molecule is CCc1cc(OC2CNCCC2C)nc(C)n1. The first-order chi connectivity index (χ1) is 8.19. The molecule has 0 aliphatic carbocycles. The lowest BCUT2D eigenvalue weighted by atomic mass is 9.97.